The lowest BCUT2D eigenvalue weighted by Crippen LogP contribution is -2.35. The first-order chi connectivity index (χ1) is 7.69. The van der Waals surface area contributed by atoms with E-state index in [9.17, 15) is 4.79 Å². The summed E-state index contributed by atoms with van der Waals surface area (Å²) in [5.41, 5.74) is 2.32. The third kappa shape index (κ3) is 3.26. The monoisotopic (exact) mass is 220 g/mol. The molecule has 0 fully saturated rings. The van der Waals surface area contributed by atoms with Gasteiger partial charge >= 0.3 is 0 Å². The van der Waals surface area contributed by atoms with E-state index < -0.39 is 0 Å². The Kier molecular flexibility index (Phi) is 4.83. The van der Waals surface area contributed by atoms with Gasteiger partial charge in [0.1, 0.15) is 6.04 Å². The van der Waals surface area contributed by atoms with Crippen LogP contribution in [0.1, 0.15) is 25.8 Å². The second kappa shape index (κ2) is 6.16. The molecule has 0 aliphatic rings. The van der Waals surface area contributed by atoms with Gasteiger partial charge in [-0.1, -0.05) is 31.5 Å². The third-order valence-corrected chi connectivity index (χ3v) is 2.55. The molecule has 1 aromatic carbocycles. The van der Waals surface area contributed by atoms with Crippen molar-refractivity contribution in [2.24, 2.45) is 0 Å². The molecular weight excluding hydrogens is 200 g/mol. The van der Waals surface area contributed by atoms with E-state index >= 15 is 0 Å². The van der Waals surface area contributed by atoms with Gasteiger partial charge < -0.3 is 10.6 Å². The van der Waals surface area contributed by atoms with Gasteiger partial charge in [0.2, 0.25) is 5.91 Å². The van der Waals surface area contributed by atoms with E-state index in [4.69, 9.17) is 0 Å². The number of benzene rings is 1. The van der Waals surface area contributed by atoms with E-state index in [1.807, 2.05) is 25.1 Å². The molecule has 1 atom stereocenters. The molecule has 1 amide bonds. The Morgan fingerprint density at radius 1 is 1.38 bits per heavy atom. The lowest BCUT2D eigenvalue weighted by molar-refractivity contribution is -0.121. The Morgan fingerprint density at radius 3 is 2.69 bits per heavy atom. The molecule has 0 spiro atoms. The Balaban J connectivity index is 2.75. The van der Waals surface area contributed by atoms with E-state index in [1.54, 1.807) is 7.05 Å². The first-order valence-corrected chi connectivity index (χ1v) is 5.75. The molecule has 1 aromatic rings. The number of para-hydroxylation sites is 1. The summed E-state index contributed by atoms with van der Waals surface area (Å²) in [6.45, 7) is 4.01. The number of anilines is 1. The summed E-state index contributed by atoms with van der Waals surface area (Å²) in [6, 6.07) is 7.93. The zero-order valence-electron chi connectivity index (χ0n) is 10.2. The van der Waals surface area contributed by atoms with Crippen LogP contribution >= 0.6 is 0 Å². The van der Waals surface area contributed by atoms with Gasteiger partial charge in [-0.05, 0) is 25.0 Å². The number of hydrogen-bond donors (Lipinski definition) is 2. The number of aryl methyl sites for hydroxylation is 1. The maximum atomic E-state index is 11.4. The van der Waals surface area contributed by atoms with Gasteiger partial charge in [0.15, 0.2) is 0 Å². The Bertz CT molecular complexity index is 350. The molecular formula is C13H20N2O. The minimum Gasteiger partial charge on any atom is -0.374 e. The maximum absolute atomic E-state index is 11.4. The average Bonchev–Trinajstić information content (AvgIpc) is 2.31. The smallest absolute Gasteiger partial charge is 0.241 e. The van der Waals surface area contributed by atoms with Crippen LogP contribution in [0.15, 0.2) is 24.3 Å². The average molecular weight is 220 g/mol. The van der Waals surface area contributed by atoms with E-state index in [1.165, 1.54) is 5.56 Å². The van der Waals surface area contributed by atoms with Crippen molar-refractivity contribution < 1.29 is 4.79 Å². The second-order valence-electron chi connectivity index (χ2n) is 3.89. The Labute approximate surface area is 97.2 Å². The number of likely N-dealkylation sites (N-methyl/N-ethyl adjacent to an activating group) is 1. The molecule has 3 heteroatoms. The molecule has 0 radical (unpaired) electrons. The predicted molar refractivity (Wildman–Crippen MR) is 67.6 cm³/mol. The number of hydrogen-bond acceptors (Lipinski definition) is 2. The van der Waals surface area contributed by atoms with Crippen LogP contribution in [0.5, 0.6) is 0 Å². The van der Waals surface area contributed by atoms with Gasteiger partial charge in [-0.3, -0.25) is 4.79 Å². The standard InChI is InChI=1S/C13H20N2O/c1-4-7-11-8-5-6-9-12(11)15-10(2)13(16)14-3/h5-6,8-10,15H,4,7H2,1-3H3,(H,14,16). The Hall–Kier alpha value is -1.51. The molecule has 2 N–H and O–H groups in total. The van der Waals surface area contributed by atoms with Crippen LogP contribution in [0.2, 0.25) is 0 Å². The lowest BCUT2D eigenvalue weighted by Gasteiger charge is -2.16. The van der Waals surface area contributed by atoms with Crippen molar-refractivity contribution >= 4 is 11.6 Å². The summed E-state index contributed by atoms with van der Waals surface area (Å²) in [7, 11) is 1.65. The van der Waals surface area contributed by atoms with Gasteiger partial charge in [0, 0.05) is 12.7 Å². The molecule has 0 saturated heterocycles. The van der Waals surface area contributed by atoms with Crippen molar-refractivity contribution in [3.63, 3.8) is 0 Å². The molecule has 0 saturated carbocycles. The van der Waals surface area contributed by atoms with Crippen LogP contribution in [0.4, 0.5) is 5.69 Å². The third-order valence-electron chi connectivity index (χ3n) is 2.55. The minimum absolute atomic E-state index is 0.00583. The van der Waals surface area contributed by atoms with Crippen molar-refractivity contribution in [1.82, 2.24) is 5.32 Å². The quantitative estimate of drug-likeness (QED) is 0.798. The minimum atomic E-state index is -0.206. The highest BCUT2D eigenvalue weighted by atomic mass is 16.2. The Morgan fingerprint density at radius 2 is 2.06 bits per heavy atom. The second-order valence-corrected chi connectivity index (χ2v) is 3.89. The van der Waals surface area contributed by atoms with Crippen LogP contribution in [0.3, 0.4) is 0 Å². The SMILES string of the molecule is CCCc1ccccc1NC(C)C(=O)NC. The van der Waals surface area contributed by atoms with E-state index in [0.29, 0.717) is 0 Å². The van der Waals surface area contributed by atoms with Gasteiger partial charge in [-0.2, -0.15) is 0 Å². The zero-order valence-corrected chi connectivity index (χ0v) is 10.2. The van der Waals surface area contributed by atoms with Crippen molar-refractivity contribution in [3.05, 3.63) is 29.8 Å². The lowest BCUT2D eigenvalue weighted by atomic mass is 10.1. The summed E-state index contributed by atoms with van der Waals surface area (Å²) in [4.78, 5) is 11.4. The van der Waals surface area contributed by atoms with Crippen LogP contribution in [-0.2, 0) is 11.2 Å². The summed E-state index contributed by atoms with van der Waals surface area (Å²) in [6.07, 6.45) is 2.14. The highest BCUT2D eigenvalue weighted by Gasteiger charge is 2.11. The molecule has 0 heterocycles. The van der Waals surface area contributed by atoms with Gasteiger partial charge in [-0.15, -0.1) is 0 Å². The molecule has 0 aliphatic carbocycles. The van der Waals surface area contributed by atoms with E-state index in [0.717, 1.165) is 18.5 Å². The highest BCUT2D eigenvalue weighted by molar-refractivity contribution is 5.84. The predicted octanol–water partition coefficient (Wildman–Crippen LogP) is 2.19. The van der Waals surface area contributed by atoms with Crippen LogP contribution in [0.25, 0.3) is 0 Å². The van der Waals surface area contributed by atoms with Crippen molar-refractivity contribution in [3.8, 4) is 0 Å². The summed E-state index contributed by atoms with van der Waals surface area (Å²) < 4.78 is 0. The molecule has 0 aromatic heterocycles. The molecule has 3 nitrogen and oxygen atoms in total. The zero-order chi connectivity index (χ0) is 12.0. The molecule has 1 rings (SSSR count). The maximum Gasteiger partial charge on any atom is 0.241 e. The number of rotatable bonds is 5. The van der Waals surface area contributed by atoms with Crippen molar-refractivity contribution in [2.45, 2.75) is 32.7 Å². The van der Waals surface area contributed by atoms with E-state index in [-0.39, 0.29) is 11.9 Å². The number of carbonyl (C=O) groups excluding carboxylic acids is 1. The first kappa shape index (κ1) is 12.6. The molecule has 1 unspecified atom stereocenters. The normalized spacial score (nSPS) is 11.9. The number of carbonyl (C=O) groups is 1. The highest BCUT2D eigenvalue weighted by Crippen LogP contribution is 2.17. The number of nitrogens with one attached hydrogen (secondary N) is 2. The fraction of sp³-hybridized carbons (Fsp3) is 0.462. The largest absolute Gasteiger partial charge is 0.374 e. The van der Waals surface area contributed by atoms with Gasteiger partial charge in [-0.25, -0.2) is 0 Å². The summed E-state index contributed by atoms with van der Waals surface area (Å²) in [5.74, 6) is 0.00583. The molecule has 16 heavy (non-hydrogen) atoms. The van der Waals surface area contributed by atoms with Crippen LogP contribution in [0, 0.1) is 0 Å². The first-order valence-electron chi connectivity index (χ1n) is 5.75. The molecule has 88 valence electrons. The summed E-state index contributed by atoms with van der Waals surface area (Å²) >= 11 is 0. The van der Waals surface area contributed by atoms with Gasteiger partial charge in [0.25, 0.3) is 0 Å². The fourth-order valence-corrected chi connectivity index (χ4v) is 1.66. The fourth-order valence-electron chi connectivity index (χ4n) is 1.66. The summed E-state index contributed by atoms with van der Waals surface area (Å²) in [5, 5.41) is 5.87. The topological polar surface area (TPSA) is 41.1 Å². The van der Waals surface area contributed by atoms with E-state index in [2.05, 4.69) is 23.6 Å². The van der Waals surface area contributed by atoms with Crippen molar-refractivity contribution in [2.75, 3.05) is 12.4 Å². The van der Waals surface area contributed by atoms with Crippen LogP contribution in [-0.4, -0.2) is 19.0 Å². The van der Waals surface area contributed by atoms with Crippen LogP contribution < -0.4 is 10.6 Å². The molecule has 0 aliphatic heterocycles. The molecule has 0 bridgehead atoms. The number of amides is 1. The van der Waals surface area contributed by atoms with Gasteiger partial charge in [0.05, 0.1) is 0 Å². The van der Waals surface area contributed by atoms with Crippen molar-refractivity contribution in [1.29, 1.82) is 0 Å².